The number of hydrogen-bond acceptors (Lipinski definition) is 6. The molecule has 0 amide bonds. The van der Waals surface area contributed by atoms with E-state index in [0.717, 1.165) is 4.34 Å². The standard InChI is InChI=1S/C10H17N3O2S2/c1-4-11-10(3,8(14)15)5-7(2)17-9-13-12-6-16-9/h6-7,11H,4-5H2,1-3H3,(H,14,15). The molecule has 1 heterocycles. The van der Waals surface area contributed by atoms with E-state index in [4.69, 9.17) is 0 Å². The zero-order chi connectivity index (χ0) is 12.9. The summed E-state index contributed by atoms with van der Waals surface area (Å²) in [5.41, 5.74) is 0.793. The van der Waals surface area contributed by atoms with Gasteiger partial charge in [-0.3, -0.25) is 4.79 Å². The summed E-state index contributed by atoms with van der Waals surface area (Å²) in [6, 6.07) is 0. The van der Waals surface area contributed by atoms with E-state index >= 15 is 0 Å². The summed E-state index contributed by atoms with van der Waals surface area (Å²) in [5, 5.41) is 20.1. The highest BCUT2D eigenvalue weighted by atomic mass is 32.2. The normalized spacial score (nSPS) is 16.4. The number of nitrogens with one attached hydrogen (secondary N) is 1. The zero-order valence-corrected chi connectivity index (χ0v) is 11.8. The van der Waals surface area contributed by atoms with Gasteiger partial charge in [-0.15, -0.1) is 10.2 Å². The number of thioether (sulfide) groups is 1. The second kappa shape index (κ2) is 6.32. The van der Waals surface area contributed by atoms with Gasteiger partial charge in [-0.1, -0.05) is 36.9 Å². The lowest BCUT2D eigenvalue weighted by Crippen LogP contribution is -2.50. The van der Waals surface area contributed by atoms with Crippen molar-refractivity contribution in [3.05, 3.63) is 5.51 Å². The summed E-state index contributed by atoms with van der Waals surface area (Å²) in [6.45, 7) is 6.27. The molecule has 0 saturated carbocycles. The number of aliphatic carboxylic acids is 1. The predicted molar refractivity (Wildman–Crippen MR) is 69.6 cm³/mol. The summed E-state index contributed by atoms with van der Waals surface area (Å²) in [4.78, 5) is 11.3. The summed E-state index contributed by atoms with van der Waals surface area (Å²) < 4.78 is 0.877. The van der Waals surface area contributed by atoms with E-state index in [0.29, 0.717) is 13.0 Å². The summed E-state index contributed by atoms with van der Waals surface area (Å²) in [7, 11) is 0. The molecule has 1 aromatic heterocycles. The molecule has 96 valence electrons. The minimum Gasteiger partial charge on any atom is -0.480 e. The predicted octanol–water partition coefficient (Wildman–Crippen LogP) is 1.86. The van der Waals surface area contributed by atoms with E-state index in [2.05, 4.69) is 15.5 Å². The van der Waals surface area contributed by atoms with E-state index in [1.807, 2.05) is 13.8 Å². The molecule has 0 radical (unpaired) electrons. The fraction of sp³-hybridized carbons (Fsp3) is 0.700. The first-order valence-corrected chi connectivity index (χ1v) is 7.15. The number of rotatable bonds is 7. The lowest BCUT2D eigenvalue weighted by molar-refractivity contribution is -0.144. The molecule has 0 saturated heterocycles. The van der Waals surface area contributed by atoms with Crippen molar-refractivity contribution in [1.29, 1.82) is 0 Å². The number of likely N-dealkylation sites (N-methyl/N-ethyl adjacent to an activating group) is 1. The molecule has 2 atom stereocenters. The van der Waals surface area contributed by atoms with Gasteiger partial charge in [0, 0.05) is 5.25 Å². The second-order valence-corrected chi connectivity index (χ2v) is 6.52. The Labute approximate surface area is 109 Å². The van der Waals surface area contributed by atoms with Crippen LogP contribution in [0.3, 0.4) is 0 Å². The maximum Gasteiger partial charge on any atom is 0.323 e. The Balaban J connectivity index is 2.58. The van der Waals surface area contributed by atoms with Gasteiger partial charge in [0.15, 0.2) is 4.34 Å². The van der Waals surface area contributed by atoms with Gasteiger partial charge in [-0.05, 0) is 19.9 Å². The smallest absolute Gasteiger partial charge is 0.323 e. The molecule has 7 heteroatoms. The molecule has 0 bridgehead atoms. The minimum atomic E-state index is -0.883. The van der Waals surface area contributed by atoms with Crippen molar-refractivity contribution in [2.24, 2.45) is 0 Å². The Morgan fingerprint density at radius 3 is 2.94 bits per heavy atom. The highest BCUT2D eigenvalue weighted by Crippen LogP contribution is 2.29. The number of aromatic nitrogens is 2. The van der Waals surface area contributed by atoms with Crippen LogP contribution in [0.2, 0.25) is 0 Å². The Bertz CT molecular complexity index is 358. The first-order chi connectivity index (χ1) is 7.98. The lowest BCUT2D eigenvalue weighted by atomic mass is 9.96. The van der Waals surface area contributed by atoms with Gasteiger partial charge >= 0.3 is 5.97 Å². The number of carboxylic acids is 1. The van der Waals surface area contributed by atoms with Gasteiger partial charge in [0.05, 0.1) is 0 Å². The second-order valence-electron chi connectivity index (χ2n) is 4.00. The fourth-order valence-electron chi connectivity index (χ4n) is 1.63. The third-order valence-electron chi connectivity index (χ3n) is 2.38. The van der Waals surface area contributed by atoms with Crippen molar-refractivity contribution in [3.8, 4) is 0 Å². The zero-order valence-electron chi connectivity index (χ0n) is 10.1. The number of carbonyl (C=O) groups is 1. The van der Waals surface area contributed by atoms with Crippen molar-refractivity contribution in [2.75, 3.05) is 6.54 Å². The number of hydrogen-bond donors (Lipinski definition) is 2. The van der Waals surface area contributed by atoms with Crippen LogP contribution in [0, 0.1) is 0 Å². The molecule has 17 heavy (non-hydrogen) atoms. The molecular formula is C10H17N3O2S2. The first-order valence-electron chi connectivity index (χ1n) is 5.39. The average molecular weight is 275 g/mol. The van der Waals surface area contributed by atoms with Crippen LogP contribution in [-0.4, -0.2) is 38.6 Å². The van der Waals surface area contributed by atoms with Crippen molar-refractivity contribution in [1.82, 2.24) is 15.5 Å². The van der Waals surface area contributed by atoms with Crippen molar-refractivity contribution in [2.45, 2.75) is 42.3 Å². The number of carboxylic acid groups (broad SMARTS) is 1. The van der Waals surface area contributed by atoms with Gasteiger partial charge in [0.25, 0.3) is 0 Å². The van der Waals surface area contributed by atoms with Crippen LogP contribution in [0.25, 0.3) is 0 Å². The van der Waals surface area contributed by atoms with Crippen molar-refractivity contribution < 1.29 is 9.90 Å². The maximum absolute atomic E-state index is 11.3. The van der Waals surface area contributed by atoms with Gasteiger partial charge in [0.1, 0.15) is 11.0 Å². The van der Waals surface area contributed by atoms with Crippen LogP contribution in [0.5, 0.6) is 0 Å². The molecule has 0 spiro atoms. The van der Waals surface area contributed by atoms with E-state index in [1.54, 1.807) is 24.2 Å². The molecular weight excluding hydrogens is 258 g/mol. The molecule has 5 nitrogen and oxygen atoms in total. The molecule has 1 rings (SSSR count). The molecule has 0 aromatic carbocycles. The van der Waals surface area contributed by atoms with Crippen molar-refractivity contribution >= 4 is 29.1 Å². The molecule has 0 aliphatic heterocycles. The topological polar surface area (TPSA) is 75.1 Å². The first kappa shape index (κ1) is 14.4. The maximum atomic E-state index is 11.3. The van der Waals surface area contributed by atoms with E-state index in [1.165, 1.54) is 11.3 Å². The highest BCUT2D eigenvalue weighted by molar-refractivity contribution is 8.01. The van der Waals surface area contributed by atoms with E-state index in [9.17, 15) is 9.90 Å². The third kappa shape index (κ3) is 4.25. The Morgan fingerprint density at radius 2 is 2.47 bits per heavy atom. The number of nitrogens with zero attached hydrogens (tertiary/aromatic N) is 2. The monoisotopic (exact) mass is 275 g/mol. The van der Waals surface area contributed by atoms with Gasteiger partial charge in [-0.2, -0.15) is 0 Å². The molecule has 0 aliphatic rings. The fourth-order valence-corrected chi connectivity index (χ4v) is 3.61. The van der Waals surface area contributed by atoms with Gasteiger partial charge in [0.2, 0.25) is 0 Å². The van der Waals surface area contributed by atoms with Crippen molar-refractivity contribution in [3.63, 3.8) is 0 Å². The van der Waals surface area contributed by atoms with E-state index in [-0.39, 0.29) is 5.25 Å². The molecule has 2 N–H and O–H groups in total. The Morgan fingerprint density at radius 1 is 1.76 bits per heavy atom. The summed E-state index contributed by atoms with van der Waals surface area (Å²) in [5.74, 6) is -0.816. The summed E-state index contributed by atoms with van der Waals surface area (Å²) >= 11 is 3.03. The van der Waals surface area contributed by atoms with Crippen LogP contribution < -0.4 is 5.32 Å². The Hall–Kier alpha value is -0.660. The van der Waals surface area contributed by atoms with Crippen LogP contribution in [-0.2, 0) is 4.79 Å². The quantitative estimate of drug-likeness (QED) is 0.740. The molecule has 1 aromatic rings. The molecule has 2 unspecified atom stereocenters. The summed E-state index contributed by atoms with van der Waals surface area (Å²) in [6.07, 6.45) is 0.542. The van der Waals surface area contributed by atoms with Crippen LogP contribution in [0.15, 0.2) is 9.85 Å². The molecule has 0 fully saturated rings. The highest BCUT2D eigenvalue weighted by Gasteiger charge is 2.34. The van der Waals surface area contributed by atoms with E-state index < -0.39 is 11.5 Å². The van der Waals surface area contributed by atoms with Crippen LogP contribution in [0.1, 0.15) is 27.2 Å². The SMILES string of the molecule is CCNC(C)(CC(C)Sc1nncs1)C(=O)O. The largest absolute Gasteiger partial charge is 0.480 e. The van der Waals surface area contributed by atoms with Crippen LogP contribution in [0.4, 0.5) is 0 Å². The van der Waals surface area contributed by atoms with Gasteiger partial charge < -0.3 is 10.4 Å². The minimum absolute atomic E-state index is 0.170. The van der Waals surface area contributed by atoms with Crippen LogP contribution >= 0.6 is 23.1 Å². The average Bonchev–Trinajstić information content (AvgIpc) is 2.70. The lowest BCUT2D eigenvalue weighted by Gasteiger charge is -2.28. The molecule has 0 aliphatic carbocycles. The Kier molecular flexibility index (Phi) is 5.35. The third-order valence-corrected chi connectivity index (χ3v) is 4.29. The van der Waals surface area contributed by atoms with Gasteiger partial charge in [-0.25, -0.2) is 0 Å².